The third kappa shape index (κ3) is 4.97. The van der Waals surface area contributed by atoms with E-state index in [1.807, 2.05) is 0 Å². The molecule has 2 rings (SSSR count). The number of piperidine rings is 1. The first-order valence-corrected chi connectivity index (χ1v) is 7.67. The van der Waals surface area contributed by atoms with Crippen LogP contribution in [0.2, 0.25) is 0 Å². The SMILES string of the molecule is CC(=O)NC1CCCN(CC(C)Cc2ccccc2)C1. The van der Waals surface area contributed by atoms with Crippen molar-refractivity contribution in [3.8, 4) is 0 Å². The monoisotopic (exact) mass is 274 g/mol. The lowest BCUT2D eigenvalue weighted by atomic mass is 9.98. The van der Waals surface area contributed by atoms with Crippen LogP contribution in [0.1, 0.15) is 32.3 Å². The molecule has 0 spiro atoms. The molecule has 0 radical (unpaired) electrons. The molecule has 0 aliphatic carbocycles. The van der Waals surface area contributed by atoms with Crippen molar-refractivity contribution in [3.05, 3.63) is 35.9 Å². The third-order valence-corrected chi connectivity index (χ3v) is 3.91. The van der Waals surface area contributed by atoms with Gasteiger partial charge in [-0.25, -0.2) is 0 Å². The second-order valence-corrected chi connectivity index (χ2v) is 6.09. The second kappa shape index (κ2) is 7.44. The second-order valence-electron chi connectivity index (χ2n) is 6.09. The summed E-state index contributed by atoms with van der Waals surface area (Å²) in [5.74, 6) is 0.739. The lowest BCUT2D eigenvalue weighted by Gasteiger charge is -2.34. The van der Waals surface area contributed by atoms with Crippen LogP contribution >= 0.6 is 0 Å². The van der Waals surface area contributed by atoms with Crippen LogP contribution in [0, 0.1) is 5.92 Å². The molecule has 110 valence electrons. The van der Waals surface area contributed by atoms with Gasteiger partial charge in [0.05, 0.1) is 0 Å². The summed E-state index contributed by atoms with van der Waals surface area (Å²) >= 11 is 0. The molecule has 1 aliphatic rings. The molecule has 2 atom stereocenters. The van der Waals surface area contributed by atoms with Gasteiger partial charge >= 0.3 is 0 Å². The number of likely N-dealkylation sites (tertiary alicyclic amines) is 1. The summed E-state index contributed by atoms with van der Waals surface area (Å²) in [5, 5.41) is 3.05. The van der Waals surface area contributed by atoms with E-state index in [2.05, 4.69) is 47.5 Å². The molecule has 20 heavy (non-hydrogen) atoms. The predicted octanol–water partition coefficient (Wildman–Crippen LogP) is 2.47. The predicted molar refractivity (Wildman–Crippen MR) is 82.6 cm³/mol. The van der Waals surface area contributed by atoms with E-state index in [0.29, 0.717) is 12.0 Å². The molecule has 0 bridgehead atoms. The Morgan fingerprint density at radius 2 is 2.15 bits per heavy atom. The molecule has 3 nitrogen and oxygen atoms in total. The molecule has 2 unspecified atom stereocenters. The number of carbonyl (C=O) groups excluding carboxylic acids is 1. The van der Waals surface area contributed by atoms with Crippen molar-refractivity contribution in [2.45, 2.75) is 39.2 Å². The van der Waals surface area contributed by atoms with E-state index in [-0.39, 0.29) is 5.91 Å². The minimum atomic E-state index is 0.0918. The van der Waals surface area contributed by atoms with Gasteiger partial charge in [-0.15, -0.1) is 0 Å². The maximum absolute atomic E-state index is 11.2. The van der Waals surface area contributed by atoms with Crippen LogP contribution in [0.5, 0.6) is 0 Å². The Morgan fingerprint density at radius 3 is 2.85 bits per heavy atom. The van der Waals surface area contributed by atoms with Gasteiger partial charge in [0.1, 0.15) is 0 Å². The zero-order valence-corrected chi connectivity index (χ0v) is 12.6. The van der Waals surface area contributed by atoms with Gasteiger partial charge < -0.3 is 10.2 Å². The maximum Gasteiger partial charge on any atom is 0.217 e. The Bertz CT molecular complexity index is 418. The molecule has 1 heterocycles. The summed E-state index contributed by atoms with van der Waals surface area (Å²) in [6.45, 7) is 7.20. The van der Waals surface area contributed by atoms with E-state index in [4.69, 9.17) is 0 Å². The quantitative estimate of drug-likeness (QED) is 0.894. The highest BCUT2D eigenvalue weighted by Gasteiger charge is 2.21. The number of benzene rings is 1. The molecule has 3 heteroatoms. The Morgan fingerprint density at radius 1 is 1.40 bits per heavy atom. The van der Waals surface area contributed by atoms with Crippen LogP contribution < -0.4 is 5.32 Å². The van der Waals surface area contributed by atoms with Crippen LogP contribution in [0.4, 0.5) is 0 Å². The number of carbonyl (C=O) groups is 1. The number of rotatable bonds is 5. The minimum absolute atomic E-state index is 0.0918. The van der Waals surface area contributed by atoms with Crippen molar-refractivity contribution in [1.82, 2.24) is 10.2 Å². The smallest absolute Gasteiger partial charge is 0.217 e. The van der Waals surface area contributed by atoms with E-state index < -0.39 is 0 Å². The highest BCUT2D eigenvalue weighted by atomic mass is 16.1. The van der Waals surface area contributed by atoms with E-state index in [0.717, 1.165) is 32.5 Å². The topological polar surface area (TPSA) is 32.3 Å². The zero-order valence-electron chi connectivity index (χ0n) is 12.6. The largest absolute Gasteiger partial charge is 0.352 e. The van der Waals surface area contributed by atoms with Gasteiger partial charge in [-0.05, 0) is 37.3 Å². The fourth-order valence-corrected chi connectivity index (χ4v) is 3.15. The number of amides is 1. The highest BCUT2D eigenvalue weighted by Crippen LogP contribution is 2.15. The summed E-state index contributed by atoms with van der Waals surface area (Å²) in [6, 6.07) is 11.0. The average Bonchev–Trinajstić information content (AvgIpc) is 2.39. The Hall–Kier alpha value is -1.35. The van der Waals surface area contributed by atoms with Crippen LogP contribution in [0.25, 0.3) is 0 Å². The van der Waals surface area contributed by atoms with Gasteiger partial charge in [0, 0.05) is 26.1 Å². The molecule has 1 aromatic rings. The van der Waals surface area contributed by atoms with Gasteiger partial charge in [-0.3, -0.25) is 4.79 Å². The first-order valence-electron chi connectivity index (χ1n) is 7.67. The van der Waals surface area contributed by atoms with Crippen LogP contribution in [0.3, 0.4) is 0 Å². The van der Waals surface area contributed by atoms with E-state index in [1.54, 1.807) is 6.92 Å². The molecule has 1 fully saturated rings. The van der Waals surface area contributed by atoms with Crippen LogP contribution in [0.15, 0.2) is 30.3 Å². The lowest BCUT2D eigenvalue weighted by Crippen LogP contribution is -2.48. The van der Waals surface area contributed by atoms with E-state index >= 15 is 0 Å². The zero-order chi connectivity index (χ0) is 14.4. The Balaban J connectivity index is 1.78. The lowest BCUT2D eigenvalue weighted by molar-refractivity contribution is -0.120. The number of nitrogens with one attached hydrogen (secondary N) is 1. The van der Waals surface area contributed by atoms with E-state index in [9.17, 15) is 4.79 Å². The fourth-order valence-electron chi connectivity index (χ4n) is 3.15. The van der Waals surface area contributed by atoms with Gasteiger partial charge in [0.15, 0.2) is 0 Å². The van der Waals surface area contributed by atoms with Crippen molar-refractivity contribution in [2.24, 2.45) is 5.92 Å². The summed E-state index contributed by atoms with van der Waals surface area (Å²) in [6.07, 6.45) is 3.42. The molecule has 1 N–H and O–H groups in total. The number of nitrogens with zero attached hydrogens (tertiary/aromatic N) is 1. The molecular formula is C17H26N2O. The normalized spacial score (nSPS) is 21.4. The number of hydrogen-bond donors (Lipinski definition) is 1. The molecule has 1 aliphatic heterocycles. The Kier molecular flexibility index (Phi) is 5.60. The first kappa shape index (κ1) is 15.0. The molecule has 1 aromatic carbocycles. The van der Waals surface area contributed by atoms with Crippen molar-refractivity contribution in [3.63, 3.8) is 0 Å². The van der Waals surface area contributed by atoms with Crippen molar-refractivity contribution in [2.75, 3.05) is 19.6 Å². The van der Waals surface area contributed by atoms with E-state index in [1.165, 1.54) is 12.0 Å². The van der Waals surface area contributed by atoms with Crippen molar-refractivity contribution < 1.29 is 4.79 Å². The fraction of sp³-hybridized carbons (Fsp3) is 0.588. The Labute approximate surface area is 122 Å². The van der Waals surface area contributed by atoms with Crippen molar-refractivity contribution >= 4 is 5.91 Å². The van der Waals surface area contributed by atoms with Crippen LogP contribution in [-0.2, 0) is 11.2 Å². The highest BCUT2D eigenvalue weighted by molar-refractivity contribution is 5.73. The molecule has 0 saturated carbocycles. The van der Waals surface area contributed by atoms with Crippen LogP contribution in [-0.4, -0.2) is 36.5 Å². The maximum atomic E-state index is 11.2. The summed E-state index contributed by atoms with van der Waals surface area (Å²) in [5.41, 5.74) is 1.41. The molecule has 0 aromatic heterocycles. The third-order valence-electron chi connectivity index (χ3n) is 3.91. The van der Waals surface area contributed by atoms with Gasteiger partial charge in [-0.2, -0.15) is 0 Å². The summed E-state index contributed by atoms with van der Waals surface area (Å²) in [4.78, 5) is 13.7. The van der Waals surface area contributed by atoms with Crippen molar-refractivity contribution in [1.29, 1.82) is 0 Å². The summed E-state index contributed by atoms with van der Waals surface area (Å²) < 4.78 is 0. The first-order chi connectivity index (χ1) is 9.63. The number of hydrogen-bond acceptors (Lipinski definition) is 2. The summed E-state index contributed by atoms with van der Waals surface area (Å²) in [7, 11) is 0. The van der Waals surface area contributed by atoms with Gasteiger partial charge in [-0.1, -0.05) is 37.3 Å². The van der Waals surface area contributed by atoms with Gasteiger partial charge in [0.25, 0.3) is 0 Å². The van der Waals surface area contributed by atoms with Gasteiger partial charge in [0.2, 0.25) is 5.91 Å². The average molecular weight is 274 g/mol. The minimum Gasteiger partial charge on any atom is -0.352 e. The molecule has 1 amide bonds. The molecular weight excluding hydrogens is 248 g/mol. The molecule has 1 saturated heterocycles. The standard InChI is InChI=1S/C17H26N2O/c1-14(11-16-7-4-3-5-8-16)12-19-10-6-9-17(13-19)18-15(2)20/h3-5,7-8,14,17H,6,9-13H2,1-2H3,(H,18,20).